The molecule has 0 spiro atoms. The van der Waals surface area contributed by atoms with E-state index >= 15 is 0 Å². The number of anilines is 1. The Hall–Kier alpha value is -1.70. The third kappa shape index (κ3) is 3.55. The van der Waals surface area contributed by atoms with Gasteiger partial charge in [0.15, 0.2) is 6.86 Å². The van der Waals surface area contributed by atoms with Crippen LogP contribution in [0.4, 0.5) is 27.6 Å². The second-order valence-corrected chi connectivity index (χ2v) is 4.96. The highest BCUT2D eigenvalue weighted by atomic mass is 19.4. The number of rotatable bonds is 5. The molecule has 1 rings (SSSR count). The first-order chi connectivity index (χ1) is 10.0. The summed E-state index contributed by atoms with van der Waals surface area (Å²) in [4.78, 5) is 12.3. The van der Waals surface area contributed by atoms with Crippen molar-refractivity contribution in [2.75, 3.05) is 18.8 Å². The molecule has 3 nitrogen and oxygen atoms in total. The van der Waals surface area contributed by atoms with Crippen molar-refractivity contribution in [1.82, 2.24) is 0 Å². The second-order valence-electron chi connectivity index (χ2n) is 4.96. The van der Waals surface area contributed by atoms with Crippen molar-refractivity contribution < 1.29 is 31.5 Å². The molecular formula is C14H16F5NO2. The number of nitrogens with zero attached hydrogens (tertiary/aromatic N) is 1. The third-order valence-electron chi connectivity index (χ3n) is 3.12. The number of halogens is 5. The van der Waals surface area contributed by atoms with Crippen LogP contribution in [-0.2, 0) is 9.53 Å². The molecule has 0 aliphatic rings. The predicted octanol–water partition coefficient (Wildman–Crippen LogP) is 3.94. The number of likely N-dealkylation sites (N-methyl/N-ethyl adjacent to an activating group) is 1. The molecule has 1 atom stereocenters. The average Bonchev–Trinajstić information content (AvgIpc) is 2.44. The van der Waals surface area contributed by atoms with Crippen LogP contribution in [0.2, 0.25) is 0 Å². The van der Waals surface area contributed by atoms with Gasteiger partial charge in [0, 0.05) is 12.7 Å². The number of carbonyl (C=O) groups is 1. The first-order valence-corrected chi connectivity index (χ1v) is 6.38. The van der Waals surface area contributed by atoms with Gasteiger partial charge >= 0.3 is 17.9 Å². The maximum Gasteiger partial charge on any atom is 0.458 e. The summed E-state index contributed by atoms with van der Waals surface area (Å²) in [5.74, 6) is -6.72. The van der Waals surface area contributed by atoms with Crippen molar-refractivity contribution in [3.05, 3.63) is 29.8 Å². The maximum atomic E-state index is 13.9. The van der Waals surface area contributed by atoms with Crippen LogP contribution >= 0.6 is 0 Å². The minimum atomic E-state index is -5.69. The number of carbonyl (C=O) groups excluding carboxylic acids is 1. The van der Waals surface area contributed by atoms with Gasteiger partial charge in [0.2, 0.25) is 0 Å². The Morgan fingerprint density at radius 1 is 1.27 bits per heavy atom. The standard InChI is InChI=1S/C14H16F5NO2/c1-9(2)10-5-4-6-11(7-10)20(3)12(21)13(16,22-8-15)14(17,18)19/h4-7,9H,8H2,1-3H3. The van der Waals surface area contributed by atoms with Crippen molar-refractivity contribution in [2.24, 2.45) is 0 Å². The van der Waals surface area contributed by atoms with E-state index in [0.717, 1.165) is 12.6 Å². The van der Waals surface area contributed by atoms with Crippen LogP contribution in [0.25, 0.3) is 0 Å². The van der Waals surface area contributed by atoms with E-state index in [2.05, 4.69) is 4.74 Å². The first-order valence-electron chi connectivity index (χ1n) is 6.38. The molecular weight excluding hydrogens is 309 g/mol. The number of benzene rings is 1. The molecule has 0 aliphatic heterocycles. The zero-order valence-electron chi connectivity index (χ0n) is 12.2. The lowest BCUT2D eigenvalue weighted by Gasteiger charge is -2.29. The van der Waals surface area contributed by atoms with E-state index in [-0.39, 0.29) is 11.6 Å². The average molecular weight is 325 g/mol. The molecule has 0 aliphatic carbocycles. The Labute approximate surface area is 124 Å². The van der Waals surface area contributed by atoms with E-state index in [9.17, 15) is 26.7 Å². The Kier molecular flexibility index (Phi) is 5.50. The first kappa shape index (κ1) is 18.3. The number of ether oxygens (including phenoxy) is 1. The Morgan fingerprint density at radius 2 is 1.86 bits per heavy atom. The molecule has 1 unspecified atom stereocenters. The SMILES string of the molecule is CC(C)c1cccc(N(C)C(=O)C(F)(OCF)C(F)(F)F)c1. The maximum absolute atomic E-state index is 13.9. The smallest absolute Gasteiger partial charge is 0.310 e. The zero-order chi connectivity index (χ0) is 17.1. The zero-order valence-corrected chi connectivity index (χ0v) is 12.2. The second kappa shape index (κ2) is 6.60. The van der Waals surface area contributed by atoms with Crippen LogP contribution in [0.1, 0.15) is 25.3 Å². The van der Waals surface area contributed by atoms with Gasteiger partial charge in [-0.3, -0.25) is 9.53 Å². The summed E-state index contributed by atoms with van der Waals surface area (Å²) in [6.45, 7) is 1.62. The molecule has 0 N–H and O–H groups in total. The molecule has 1 aromatic rings. The summed E-state index contributed by atoms with van der Waals surface area (Å²) in [5, 5.41) is 0. The van der Waals surface area contributed by atoms with Gasteiger partial charge in [0.1, 0.15) is 0 Å². The lowest BCUT2D eigenvalue weighted by atomic mass is 10.0. The molecule has 8 heteroatoms. The number of hydrogen-bond acceptors (Lipinski definition) is 2. The summed E-state index contributed by atoms with van der Waals surface area (Å²) in [7, 11) is 0.962. The van der Waals surface area contributed by atoms with Crippen LogP contribution in [0, 0.1) is 0 Å². The third-order valence-corrected chi connectivity index (χ3v) is 3.12. The highest BCUT2D eigenvalue weighted by Crippen LogP contribution is 2.37. The summed E-state index contributed by atoms with van der Waals surface area (Å²) >= 11 is 0. The van der Waals surface area contributed by atoms with Crippen LogP contribution in [0.15, 0.2) is 24.3 Å². The van der Waals surface area contributed by atoms with Gasteiger partial charge in [-0.15, -0.1) is 0 Å². The molecule has 0 bridgehead atoms. The van der Waals surface area contributed by atoms with Gasteiger partial charge in [-0.05, 0) is 23.6 Å². The van der Waals surface area contributed by atoms with E-state index < -0.39 is 24.8 Å². The summed E-state index contributed by atoms with van der Waals surface area (Å²) in [5.41, 5.74) is 0.796. The van der Waals surface area contributed by atoms with Gasteiger partial charge in [0.05, 0.1) is 0 Å². The van der Waals surface area contributed by atoms with Crippen molar-refractivity contribution in [2.45, 2.75) is 31.8 Å². The van der Waals surface area contributed by atoms with Gasteiger partial charge in [0.25, 0.3) is 0 Å². The van der Waals surface area contributed by atoms with Gasteiger partial charge in [-0.1, -0.05) is 26.0 Å². The molecule has 0 saturated heterocycles. The van der Waals surface area contributed by atoms with Gasteiger partial charge < -0.3 is 4.90 Å². The van der Waals surface area contributed by atoms with Crippen LogP contribution in [0.5, 0.6) is 0 Å². The van der Waals surface area contributed by atoms with E-state index in [1.54, 1.807) is 6.07 Å². The normalized spacial score (nSPS) is 14.8. The fourth-order valence-corrected chi connectivity index (χ4v) is 1.77. The Bertz CT molecular complexity index is 532. The Balaban J connectivity index is 3.17. The highest BCUT2D eigenvalue weighted by Gasteiger charge is 2.65. The highest BCUT2D eigenvalue weighted by molar-refractivity contribution is 5.98. The number of hydrogen-bond donors (Lipinski definition) is 0. The molecule has 0 saturated carbocycles. The Morgan fingerprint density at radius 3 is 2.32 bits per heavy atom. The molecule has 1 aromatic carbocycles. The lowest BCUT2D eigenvalue weighted by Crippen LogP contribution is -2.56. The van der Waals surface area contributed by atoms with Crippen molar-refractivity contribution in [3.8, 4) is 0 Å². The predicted molar refractivity (Wildman–Crippen MR) is 70.9 cm³/mol. The fourth-order valence-electron chi connectivity index (χ4n) is 1.77. The number of amides is 1. The quantitative estimate of drug-likeness (QED) is 0.767. The van der Waals surface area contributed by atoms with Gasteiger partial charge in [-0.25, -0.2) is 4.39 Å². The minimum Gasteiger partial charge on any atom is -0.310 e. The monoisotopic (exact) mass is 325 g/mol. The molecule has 0 radical (unpaired) electrons. The van der Waals surface area contributed by atoms with Crippen LogP contribution in [0.3, 0.4) is 0 Å². The molecule has 124 valence electrons. The van der Waals surface area contributed by atoms with E-state index in [1.807, 2.05) is 13.8 Å². The van der Waals surface area contributed by atoms with Crippen LogP contribution < -0.4 is 4.90 Å². The minimum absolute atomic E-state index is 0.0462. The molecule has 22 heavy (non-hydrogen) atoms. The number of alkyl halides is 5. The molecule has 0 aromatic heterocycles. The van der Waals surface area contributed by atoms with E-state index in [0.29, 0.717) is 4.90 Å². The summed E-state index contributed by atoms with van der Waals surface area (Å²) in [6, 6.07) is 6.04. The van der Waals surface area contributed by atoms with Crippen molar-refractivity contribution >= 4 is 11.6 Å². The summed E-state index contributed by atoms with van der Waals surface area (Å²) < 4.78 is 67.6. The molecule has 0 fully saturated rings. The summed E-state index contributed by atoms with van der Waals surface area (Å²) in [6.07, 6.45) is -5.69. The molecule has 1 amide bonds. The van der Waals surface area contributed by atoms with E-state index in [4.69, 9.17) is 0 Å². The largest absolute Gasteiger partial charge is 0.458 e. The fraction of sp³-hybridized carbons (Fsp3) is 0.500. The lowest BCUT2D eigenvalue weighted by molar-refractivity contribution is -0.321. The molecule has 0 heterocycles. The topological polar surface area (TPSA) is 29.5 Å². The van der Waals surface area contributed by atoms with Gasteiger partial charge in [-0.2, -0.15) is 17.6 Å². The van der Waals surface area contributed by atoms with E-state index in [1.165, 1.54) is 18.2 Å². The van der Waals surface area contributed by atoms with Crippen molar-refractivity contribution in [1.29, 1.82) is 0 Å². The van der Waals surface area contributed by atoms with Crippen LogP contribution in [-0.4, -0.2) is 31.8 Å². The van der Waals surface area contributed by atoms with Crippen molar-refractivity contribution in [3.63, 3.8) is 0 Å².